The number of anilines is 1. The summed E-state index contributed by atoms with van der Waals surface area (Å²) in [5.41, 5.74) is 4.09. The van der Waals surface area contributed by atoms with Gasteiger partial charge in [-0.2, -0.15) is 13.2 Å². The number of hydrogen-bond donors (Lipinski definition) is 0. The Balaban J connectivity index is 1.29. The van der Waals surface area contributed by atoms with Gasteiger partial charge in [-0.3, -0.25) is 9.69 Å². The van der Waals surface area contributed by atoms with E-state index in [0.29, 0.717) is 57.0 Å². The van der Waals surface area contributed by atoms with Crippen molar-refractivity contribution in [2.24, 2.45) is 5.92 Å². The monoisotopic (exact) mass is 629 g/mol. The average molecular weight is 630 g/mol. The number of benzene rings is 2. The van der Waals surface area contributed by atoms with Gasteiger partial charge in [0.1, 0.15) is 18.2 Å². The van der Waals surface area contributed by atoms with Gasteiger partial charge in [0, 0.05) is 37.8 Å². The van der Waals surface area contributed by atoms with Crippen LogP contribution in [0.1, 0.15) is 42.9 Å². The van der Waals surface area contributed by atoms with Crippen LogP contribution in [0.5, 0.6) is 5.75 Å². The summed E-state index contributed by atoms with van der Waals surface area (Å²) in [6.45, 7) is 4.85. The first-order valence-electron chi connectivity index (χ1n) is 15.1. The topological polar surface area (TPSA) is 54.9 Å². The summed E-state index contributed by atoms with van der Waals surface area (Å²) in [4.78, 5) is 20.2. The molecule has 1 aromatic heterocycles. The Morgan fingerprint density at radius 2 is 1.82 bits per heavy atom. The Hall–Kier alpha value is -3.99. The lowest BCUT2D eigenvalue weighted by Gasteiger charge is -2.32. The number of piperidine rings is 1. The van der Waals surface area contributed by atoms with Crippen molar-refractivity contribution >= 4 is 17.4 Å². The molecule has 0 saturated carbocycles. The largest absolute Gasteiger partial charge is 0.485 e. The highest BCUT2D eigenvalue weighted by Gasteiger charge is 2.31. The summed E-state index contributed by atoms with van der Waals surface area (Å²) in [6, 6.07) is 12.9. The summed E-state index contributed by atoms with van der Waals surface area (Å²) in [7, 11) is 0. The standard InChI is InChI=1S/C34H36F5N3O3/c1-3-44-33(43)24-11-15-42(16-12-24)31-6-4-5-30(40-31)28-18-27(35)19-29(36)32(28)45-20-26-8-7-25(17-22(26)2)23-9-13-41(14-10-23)21-34(37,38)39/h4-9,17-19,24H,3,10-16,20-21H2,1-2H3. The van der Waals surface area contributed by atoms with E-state index in [-0.39, 0.29) is 36.4 Å². The molecule has 0 N–H and O–H groups in total. The quantitative estimate of drug-likeness (QED) is 0.182. The molecule has 45 heavy (non-hydrogen) atoms. The second-order valence-electron chi connectivity index (χ2n) is 11.4. The highest BCUT2D eigenvalue weighted by atomic mass is 19.4. The van der Waals surface area contributed by atoms with Gasteiger partial charge in [-0.05, 0) is 73.6 Å². The van der Waals surface area contributed by atoms with Crippen molar-refractivity contribution in [3.63, 3.8) is 0 Å². The fraction of sp³-hybridized carbons (Fsp3) is 0.412. The molecule has 0 spiro atoms. The van der Waals surface area contributed by atoms with Crippen LogP contribution in [0, 0.1) is 24.5 Å². The molecule has 1 fully saturated rings. The second-order valence-corrected chi connectivity index (χ2v) is 11.4. The van der Waals surface area contributed by atoms with Gasteiger partial charge in [0.05, 0.1) is 24.8 Å². The minimum Gasteiger partial charge on any atom is -0.485 e. The number of aryl methyl sites for hydroxylation is 1. The van der Waals surface area contributed by atoms with E-state index in [2.05, 4.69) is 0 Å². The Kier molecular flexibility index (Phi) is 10.1. The Labute approximate surface area is 259 Å². The van der Waals surface area contributed by atoms with Crippen LogP contribution in [0.15, 0.2) is 54.6 Å². The number of aromatic nitrogens is 1. The maximum Gasteiger partial charge on any atom is 0.401 e. The van der Waals surface area contributed by atoms with E-state index in [9.17, 15) is 22.4 Å². The van der Waals surface area contributed by atoms with E-state index in [1.165, 1.54) is 11.0 Å². The van der Waals surface area contributed by atoms with Gasteiger partial charge >= 0.3 is 12.1 Å². The number of ether oxygens (including phenoxy) is 2. The summed E-state index contributed by atoms with van der Waals surface area (Å²) in [5, 5.41) is 0. The fourth-order valence-electron chi connectivity index (χ4n) is 5.83. The molecule has 0 radical (unpaired) electrons. The van der Waals surface area contributed by atoms with Crippen LogP contribution in [0.2, 0.25) is 0 Å². The minimum absolute atomic E-state index is 0.0150. The first-order valence-corrected chi connectivity index (χ1v) is 15.1. The summed E-state index contributed by atoms with van der Waals surface area (Å²) in [5.74, 6) is -1.44. The Morgan fingerprint density at radius 3 is 2.49 bits per heavy atom. The molecular weight excluding hydrogens is 593 g/mol. The lowest BCUT2D eigenvalue weighted by molar-refractivity contribution is -0.148. The first kappa shape index (κ1) is 32.4. The summed E-state index contributed by atoms with van der Waals surface area (Å²) in [6.07, 6.45) is -0.648. The van der Waals surface area contributed by atoms with E-state index >= 15 is 4.39 Å². The van der Waals surface area contributed by atoms with E-state index < -0.39 is 24.4 Å². The van der Waals surface area contributed by atoms with Crippen molar-refractivity contribution in [3.05, 3.63) is 82.9 Å². The van der Waals surface area contributed by atoms with Crippen LogP contribution in [-0.2, 0) is 16.1 Å². The van der Waals surface area contributed by atoms with Gasteiger partial charge in [0.2, 0.25) is 0 Å². The number of esters is 1. The summed E-state index contributed by atoms with van der Waals surface area (Å²) < 4.78 is 78.9. The molecule has 3 heterocycles. The highest BCUT2D eigenvalue weighted by molar-refractivity contribution is 5.73. The average Bonchev–Trinajstić information content (AvgIpc) is 3.01. The zero-order valence-corrected chi connectivity index (χ0v) is 25.3. The van der Waals surface area contributed by atoms with Gasteiger partial charge in [0.15, 0.2) is 11.6 Å². The maximum atomic E-state index is 15.1. The number of carbonyl (C=O) groups excluding carboxylic acids is 1. The zero-order valence-electron chi connectivity index (χ0n) is 25.3. The van der Waals surface area contributed by atoms with Gasteiger partial charge in [-0.1, -0.05) is 30.3 Å². The number of rotatable bonds is 9. The van der Waals surface area contributed by atoms with Crippen molar-refractivity contribution < 1.29 is 36.2 Å². The molecular formula is C34H36F5N3O3. The zero-order chi connectivity index (χ0) is 32.1. The number of nitrogens with zero attached hydrogens (tertiary/aromatic N) is 3. The molecule has 2 aliphatic heterocycles. The van der Waals surface area contributed by atoms with E-state index in [1.54, 1.807) is 19.1 Å². The Bertz CT molecular complexity index is 1550. The number of pyridine rings is 1. The second kappa shape index (κ2) is 14.0. The highest BCUT2D eigenvalue weighted by Crippen LogP contribution is 2.35. The molecule has 0 amide bonds. The van der Waals surface area contributed by atoms with E-state index in [4.69, 9.17) is 14.5 Å². The van der Waals surface area contributed by atoms with Crippen LogP contribution >= 0.6 is 0 Å². The molecule has 0 unspecified atom stereocenters. The lowest BCUT2D eigenvalue weighted by Crippen LogP contribution is -2.37. The fourth-order valence-corrected chi connectivity index (χ4v) is 5.83. The van der Waals surface area contributed by atoms with Gasteiger partial charge in [-0.15, -0.1) is 0 Å². The molecule has 240 valence electrons. The molecule has 2 aromatic carbocycles. The molecule has 11 heteroatoms. The van der Waals surface area contributed by atoms with Crippen molar-refractivity contribution in [2.45, 2.75) is 45.9 Å². The predicted molar refractivity (Wildman–Crippen MR) is 162 cm³/mol. The molecule has 0 aliphatic carbocycles. The molecule has 0 atom stereocenters. The van der Waals surface area contributed by atoms with Gasteiger partial charge in [-0.25, -0.2) is 13.8 Å². The van der Waals surface area contributed by atoms with Crippen LogP contribution in [0.3, 0.4) is 0 Å². The van der Waals surface area contributed by atoms with E-state index in [0.717, 1.165) is 28.3 Å². The van der Waals surface area contributed by atoms with Crippen molar-refractivity contribution in [1.82, 2.24) is 9.88 Å². The molecule has 0 bridgehead atoms. The van der Waals surface area contributed by atoms with E-state index in [1.807, 2.05) is 42.2 Å². The van der Waals surface area contributed by atoms with Gasteiger partial charge < -0.3 is 14.4 Å². The third-order valence-electron chi connectivity index (χ3n) is 8.24. The number of alkyl halides is 3. The molecule has 2 aliphatic rings. The smallest absolute Gasteiger partial charge is 0.401 e. The molecule has 3 aromatic rings. The summed E-state index contributed by atoms with van der Waals surface area (Å²) >= 11 is 0. The minimum atomic E-state index is -4.23. The molecule has 5 rings (SSSR count). The SMILES string of the molecule is CCOC(=O)C1CCN(c2cccc(-c3cc(F)cc(F)c3OCc3ccc(C4=CCN(CC(F)(F)F)CC4)cc3C)n2)CC1. The van der Waals surface area contributed by atoms with Crippen LogP contribution < -0.4 is 9.64 Å². The maximum absolute atomic E-state index is 15.1. The van der Waals surface area contributed by atoms with Gasteiger partial charge in [0.25, 0.3) is 0 Å². The third-order valence-corrected chi connectivity index (χ3v) is 8.24. The molecule has 6 nitrogen and oxygen atoms in total. The molecule has 1 saturated heterocycles. The van der Waals surface area contributed by atoms with Crippen LogP contribution in [-0.4, -0.2) is 61.4 Å². The predicted octanol–water partition coefficient (Wildman–Crippen LogP) is 7.35. The van der Waals surface area contributed by atoms with Crippen molar-refractivity contribution in [3.8, 4) is 17.0 Å². The van der Waals surface area contributed by atoms with Crippen LogP contribution in [0.4, 0.5) is 27.8 Å². The number of hydrogen-bond acceptors (Lipinski definition) is 6. The Morgan fingerprint density at radius 1 is 1.04 bits per heavy atom. The third kappa shape index (κ3) is 8.19. The van der Waals surface area contributed by atoms with Crippen molar-refractivity contribution in [1.29, 1.82) is 0 Å². The normalized spacial score (nSPS) is 16.4. The first-order chi connectivity index (χ1) is 21.5. The lowest BCUT2D eigenvalue weighted by atomic mass is 9.96. The van der Waals surface area contributed by atoms with Crippen molar-refractivity contribution in [2.75, 3.05) is 44.2 Å². The number of halogens is 5. The number of carbonyl (C=O) groups is 1. The van der Waals surface area contributed by atoms with Crippen LogP contribution in [0.25, 0.3) is 16.8 Å².